The first-order chi connectivity index (χ1) is 17.6. The quantitative estimate of drug-likeness (QED) is 0.508. The molecule has 0 bridgehead atoms. The lowest BCUT2D eigenvalue weighted by Gasteiger charge is -2.35. The Morgan fingerprint density at radius 2 is 1.58 bits per heavy atom. The second-order valence-electron chi connectivity index (χ2n) is 8.72. The van der Waals surface area contributed by atoms with E-state index >= 15 is 0 Å². The molecule has 2 aromatic heterocycles. The third kappa shape index (κ3) is 4.78. The number of aryl methyl sites for hydroxylation is 1. The van der Waals surface area contributed by atoms with Gasteiger partial charge in [0.25, 0.3) is 5.91 Å². The summed E-state index contributed by atoms with van der Waals surface area (Å²) in [5.41, 5.74) is 1.96. The van der Waals surface area contributed by atoms with E-state index in [1.54, 1.807) is 32.3 Å². The zero-order valence-corrected chi connectivity index (χ0v) is 20.9. The van der Waals surface area contributed by atoms with E-state index in [0.717, 1.165) is 30.3 Å². The van der Waals surface area contributed by atoms with Gasteiger partial charge in [-0.2, -0.15) is 5.10 Å². The lowest BCUT2D eigenvalue weighted by Crippen LogP contribution is -2.49. The summed E-state index contributed by atoms with van der Waals surface area (Å²) in [5, 5.41) is 4.59. The molecule has 36 heavy (non-hydrogen) atoms. The molecule has 0 N–H and O–H groups in total. The molecule has 0 spiro atoms. The highest BCUT2D eigenvalue weighted by Gasteiger charge is 2.26. The summed E-state index contributed by atoms with van der Waals surface area (Å²) in [6.45, 7) is 5.65. The Morgan fingerprint density at radius 3 is 2.25 bits per heavy atom. The van der Waals surface area contributed by atoms with Gasteiger partial charge in [-0.15, -0.1) is 0 Å². The Labute approximate surface area is 210 Å². The third-order valence-electron chi connectivity index (χ3n) is 6.65. The van der Waals surface area contributed by atoms with Crippen molar-refractivity contribution in [2.75, 3.05) is 76.5 Å². The van der Waals surface area contributed by atoms with Crippen molar-refractivity contribution in [1.82, 2.24) is 24.6 Å². The summed E-state index contributed by atoms with van der Waals surface area (Å²) < 4.78 is 17.9. The van der Waals surface area contributed by atoms with Gasteiger partial charge in [0.2, 0.25) is 0 Å². The van der Waals surface area contributed by atoms with Gasteiger partial charge in [-0.25, -0.2) is 9.97 Å². The number of methoxy groups -OCH3 is 2. The molecule has 0 unspecified atom stereocenters. The minimum atomic E-state index is -0.0468. The van der Waals surface area contributed by atoms with E-state index in [4.69, 9.17) is 14.2 Å². The minimum absolute atomic E-state index is 0.0468. The zero-order chi connectivity index (χ0) is 25.1. The molecule has 2 aliphatic rings. The van der Waals surface area contributed by atoms with Gasteiger partial charge in [-0.1, -0.05) is 0 Å². The molecule has 2 saturated heterocycles. The highest BCUT2D eigenvalue weighted by molar-refractivity contribution is 5.94. The smallest absolute Gasteiger partial charge is 0.272 e. The summed E-state index contributed by atoms with van der Waals surface area (Å²) in [7, 11) is 5.01. The van der Waals surface area contributed by atoms with Gasteiger partial charge in [-0.3, -0.25) is 9.48 Å². The molecule has 2 aliphatic heterocycles. The van der Waals surface area contributed by atoms with Crippen molar-refractivity contribution < 1.29 is 19.0 Å². The van der Waals surface area contributed by atoms with Gasteiger partial charge in [0.15, 0.2) is 0 Å². The van der Waals surface area contributed by atoms with Crippen molar-refractivity contribution in [3.63, 3.8) is 0 Å². The van der Waals surface area contributed by atoms with Crippen molar-refractivity contribution in [3.05, 3.63) is 42.4 Å². The van der Waals surface area contributed by atoms with Gasteiger partial charge in [0.05, 0.1) is 33.1 Å². The number of ether oxygens (including phenoxy) is 3. The van der Waals surface area contributed by atoms with Crippen LogP contribution in [0.15, 0.2) is 36.7 Å². The highest BCUT2D eigenvalue weighted by atomic mass is 16.5. The Balaban J connectivity index is 1.27. The van der Waals surface area contributed by atoms with Gasteiger partial charge in [0, 0.05) is 57.9 Å². The van der Waals surface area contributed by atoms with Crippen LogP contribution in [0.25, 0.3) is 11.3 Å². The average molecular weight is 494 g/mol. The number of hydrogen-bond donors (Lipinski definition) is 0. The number of carbonyl (C=O) groups excluding carboxylic acids is 1. The fourth-order valence-electron chi connectivity index (χ4n) is 4.59. The number of morpholine rings is 1. The number of amides is 1. The molecule has 11 heteroatoms. The van der Waals surface area contributed by atoms with E-state index < -0.39 is 0 Å². The Morgan fingerprint density at radius 1 is 0.889 bits per heavy atom. The van der Waals surface area contributed by atoms with Crippen LogP contribution >= 0.6 is 0 Å². The first-order valence-corrected chi connectivity index (χ1v) is 12.0. The number of hydrogen-bond acceptors (Lipinski definition) is 9. The molecule has 1 aromatic carbocycles. The SMILES string of the molecule is COc1ccc(OC)c(-c2cc(C(=O)N3CCN(c4cc(N5CCOCC5)ncn4)CC3)n(C)n2)c1. The molecule has 4 heterocycles. The lowest BCUT2D eigenvalue weighted by molar-refractivity contribution is 0.0735. The predicted octanol–water partition coefficient (Wildman–Crippen LogP) is 1.69. The molecule has 1 amide bonds. The van der Waals surface area contributed by atoms with Crippen LogP contribution in [0, 0.1) is 0 Å². The molecule has 190 valence electrons. The van der Waals surface area contributed by atoms with Crippen LogP contribution < -0.4 is 19.3 Å². The number of nitrogens with zero attached hydrogens (tertiary/aromatic N) is 7. The van der Waals surface area contributed by atoms with E-state index in [0.29, 0.717) is 62.3 Å². The molecule has 0 atom stereocenters. The standard InChI is InChI=1S/C25H31N7O4/c1-29-21(15-20(28-29)19-14-18(34-2)4-5-22(19)35-3)25(33)32-8-6-30(7-9-32)23-16-24(27-17-26-23)31-10-12-36-13-11-31/h4-5,14-17H,6-13H2,1-3H3. The normalized spacial score (nSPS) is 16.2. The number of benzene rings is 1. The molecular formula is C25H31N7O4. The van der Waals surface area contributed by atoms with E-state index in [1.807, 2.05) is 35.2 Å². The monoisotopic (exact) mass is 493 g/mol. The van der Waals surface area contributed by atoms with Crippen molar-refractivity contribution >= 4 is 17.5 Å². The topological polar surface area (TPSA) is 98.1 Å². The van der Waals surface area contributed by atoms with Gasteiger partial charge in [0.1, 0.15) is 35.2 Å². The van der Waals surface area contributed by atoms with Crippen LogP contribution in [0.2, 0.25) is 0 Å². The fraction of sp³-hybridized carbons (Fsp3) is 0.440. The first-order valence-electron chi connectivity index (χ1n) is 12.0. The van der Waals surface area contributed by atoms with Gasteiger partial charge >= 0.3 is 0 Å². The van der Waals surface area contributed by atoms with Crippen molar-refractivity contribution in [2.45, 2.75) is 0 Å². The first kappa shape index (κ1) is 23.9. The van der Waals surface area contributed by atoms with Crippen LogP contribution in [0.4, 0.5) is 11.6 Å². The molecule has 0 aliphatic carbocycles. The third-order valence-corrected chi connectivity index (χ3v) is 6.65. The molecule has 11 nitrogen and oxygen atoms in total. The molecule has 0 saturated carbocycles. The Hall–Kier alpha value is -3.86. The lowest BCUT2D eigenvalue weighted by atomic mass is 10.1. The maximum atomic E-state index is 13.4. The molecule has 3 aromatic rings. The van der Waals surface area contributed by atoms with E-state index in [1.165, 1.54) is 0 Å². The number of rotatable bonds is 6. The molecule has 5 rings (SSSR count). The van der Waals surface area contributed by atoms with Crippen molar-refractivity contribution in [2.24, 2.45) is 7.05 Å². The predicted molar refractivity (Wildman–Crippen MR) is 135 cm³/mol. The molecule has 0 radical (unpaired) electrons. The molecular weight excluding hydrogens is 462 g/mol. The number of piperazine rings is 1. The second-order valence-corrected chi connectivity index (χ2v) is 8.72. The fourth-order valence-corrected chi connectivity index (χ4v) is 4.59. The van der Waals surface area contributed by atoms with Crippen LogP contribution in [0.3, 0.4) is 0 Å². The minimum Gasteiger partial charge on any atom is -0.497 e. The number of anilines is 2. The maximum Gasteiger partial charge on any atom is 0.272 e. The summed E-state index contributed by atoms with van der Waals surface area (Å²) in [6.07, 6.45) is 1.61. The van der Waals surface area contributed by atoms with Crippen molar-refractivity contribution in [3.8, 4) is 22.8 Å². The summed E-state index contributed by atoms with van der Waals surface area (Å²) in [4.78, 5) is 28.6. The summed E-state index contributed by atoms with van der Waals surface area (Å²) in [6, 6.07) is 9.36. The van der Waals surface area contributed by atoms with Gasteiger partial charge in [-0.05, 0) is 24.3 Å². The molecule has 2 fully saturated rings. The van der Waals surface area contributed by atoms with Crippen LogP contribution in [0.1, 0.15) is 10.5 Å². The highest BCUT2D eigenvalue weighted by Crippen LogP contribution is 2.33. The number of aromatic nitrogens is 4. The van der Waals surface area contributed by atoms with E-state index in [2.05, 4.69) is 24.9 Å². The Bertz CT molecular complexity index is 1220. The Kier molecular flexibility index (Phi) is 6.90. The van der Waals surface area contributed by atoms with Crippen LogP contribution in [-0.2, 0) is 11.8 Å². The summed E-state index contributed by atoms with van der Waals surface area (Å²) in [5.74, 6) is 3.11. The number of carbonyl (C=O) groups is 1. The average Bonchev–Trinajstić information content (AvgIpc) is 3.34. The second kappa shape index (κ2) is 10.4. The largest absolute Gasteiger partial charge is 0.497 e. The zero-order valence-electron chi connectivity index (χ0n) is 20.9. The maximum absolute atomic E-state index is 13.4. The van der Waals surface area contributed by atoms with E-state index in [9.17, 15) is 4.79 Å². The van der Waals surface area contributed by atoms with Gasteiger partial charge < -0.3 is 28.9 Å². The summed E-state index contributed by atoms with van der Waals surface area (Å²) >= 11 is 0. The van der Waals surface area contributed by atoms with Crippen LogP contribution in [0.5, 0.6) is 11.5 Å². The van der Waals surface area contributed by atoms with Crippen LogP contribution in [-0.4, -0.2) is 97.3 Å². The van der Waals surface area contributed by atoms with E-state index in [-0.39, 0.29) is 5.91 Å². The van der Waals surface area contributed by atoms with Crippen molar-refractivity contribution in [1.29, 1.82) is 0 Å².